The van der Waals surface area contributed by atoms with Crippen molar-refractivity contribution in [3.63, 3.8) is 0 Å². The number of nitrogens with two attached hydrogens (primary N) is 1. The highest BCUT2D eigenvalue weighted by Crippen LogP contribution is 2.39. The summed E-state index contributed by atoms with van der Waals surface area (Å²) in [7, 11) is 0. The first kappa shape index (κ1) is 19.0. The molecule has 1 unspecified atom stereocenters. The van der Waals surface area contributed by atoms with Gasteiger partial charge >= 0.3 is 0 Å². The maximum absolute atomic E-state index is 12.3. The van der Waals surface area contributed by atoms with Crippen molar-refractivity contribution in [2.24, 2.45) is 11.7 Å². The van der Waals surface area contributed by atoms with Crippen molar-refractivity contribution in [3.05, 3.63) is 50.3 Å². The summed E-state index contributed by atoms with van der Waals surface area (Å²) >= 11 is 10.1. The summed E-state index contributed by atoms with van der Waals surface area (Å²) in [4.78, 5) is 25.4. The van der Waals surface area contributed by atoms with E-state index in [0.29, 0.717) is 22.0 Å². The smallest absolute Gasteiger partial charge is 0.257 e. The number of thiophene rings is 1. The van der Waals surface area contributed by atoms with Crippen LogP contribution in [0.4, 0.5) is 5.00 Å². The van der Waals surface area contributed by atoms with E-state index in [0.717, 1.165) is 29.3 Å². The van der Waals surface area contributed by atoms with E-state index in [1.54, 1.807) is 18.2 Å². The monoisotopic (exact) mass is 451 g/mol. The van der Waals surface area contributed by atoms with Crippen molar-refractivity contribution in [1.82, 2.24) is 5.32 Å². The molecular weight excluding hydrogens is 434 g/mol. The number of fused-ring (bicyclic) bond motifs is 1. The molecule has 1 aromatic heterocycles. The fourth-order valence-electron chi connectivity index (χ4n) is 3.04. The topological polar surface area (TPSA) is 84.2 Å². The Morgan fingerprint density at radius 2 is 2.15 bits per heavy atom. The van der Waals surface area contributed by atoms with Crippen LogP contribution in [-0.4, -0.2) is 16.9 Å². The van der Waals surface area contributed by atoms with Gasteiger partial charge < -0.3 is 11.1 Å². The van der Waals surface area contributed by atoms with E-state index in [1.165, 1.54) is 16.2 Å². The van der Waals surface area contributed by atoms with Gasteiger partial charge in [-0.3, -0.25) is 14.9 Å². The third-order valence-corrected chi connectivity index (χ3v) is 6.17. The van der Waals surface area contributed by atoms with Gasteiger partial charge in [-0.05, 0) is 61.2 Å². The second-order valence-corrected chi connectivity index (χ2v) is 8.77. The fourth-order valence-corrected chi connectivity index (χ4v) is 5.12. The molecule has 0 fully saturated rings. The van der Waals surface area contributed by atoms with Gasteiger partial charge in [0.15, 0.2) is 5.11 Å². The highest BCUT2D eigenvalue weighted by Gasteiger charge is 2.27. The normalized spacial score (nSPS) is 15.8. The quantitative estimate of drug-likeness (QED) is 0.618. The first-order chi connectivity index (χ1) is 12.3. The number of amides is 2. The van der Waals surface area contributed by atoms with Gasteiger partial charge in [-0.1, -0.05) is 28.9 Å². The number of hydrogen-bond donors (Lipinski definition) is 3. The predicted molar refractivity (Wildman–Crippen MR) is 112 cm³/mol. The van der Waals surface area contributed by atoms with Gasteiger partial charge in [-0.15, -0.1) is 11.3 Å². The van der Waals surface area contributed by atoms with Crippen LogP contribution in [0.15, 0.2) is 28.7 Å². The number of thiocarbonyl (C=S) groups is 1. The minimum Gasteiger partial charge on any atom is -0.365 e. The zero-order chi connectivity index (χ0) is 18.8. The average molecular weight is 452 g/mol. The summed E-state index contributed by atoms with van der Waals surface area (Å²) in [5.41, 5.74) is 7.59. The van der Waals surface area contributed by atoms with Crippen LogP contribution >= 0.6 is 39.5 Å². The number of carbonyl (C=O) groups is 2. The van der Waals surface area contributed by atoms with Crippen LogP contribution in [0, 0.1) is 5.92 Å². The standard InChI is InChI=1S/C18H18BrN3O2S2/c1-9-5-6-12-13(7-9)26-17(14(12)15(20)23)22-18(25)21-16(24)10-3-2-4-11(19)8-10/h2-4,8-9H,5-7H2,1H3,(H2,20,23)(H2,21,22,24,25). The fraction of sp³-hybridized carbons (Fsp3) is 0.278. The first-order valence-electron chi connectivity index (χ1n) is 8.17. The summed E-state index contributed by atoms with van der Waals surface area (Å²) < 4.78 is 0.806. The van der Waals surface area contributed by atoms with Crippen LogP contribution in [0.3, 0.4) is 0 Å². The Morgan fingerprint density at radius 1 is 1.38 bits per heavy atom. The van der Waals surface area contributed by atoms with Crippen molar-refractivity contribution < 1.29 is 9.59 Å². The third kappa shape index (κ3) is 4.13. The number of nitrogens with one attached hydrogen (secondary N) is 2. The molecule has 5 nitrogen and oxygen atoms in total. The van der Waals surface area contributed by atoms with Crippen molar-refractivity contribution >= 4 is 61.4 Å². The van der Waals surface area contributed by atoms with E-state index in [9.17, 15) is 9.59 Å². The Hall–Kier alpha value is -1.77. The van der Waals surface area contributed by atoms with Gasteiger partial charge in [0.25, 0.3) is 11.8 Å². The molecule has 1 aromatic carbocycles. The summed E-state index contributed by atoms with van der Waals surface area (Å²) in [5.74, 6) is -0.210. The highest BCUT2D eigenvalue weighted by atomic mass is 79.9. The number of rotatable bonds is 3. The first-order valence-corrected chi connectivity index (χ1v) is 10.2. The van der Waals surface area contributed by atoms with Crippen molar-refractivity contribution in [1.29, 1.82) is 0 Å². The molecule has 1 heterocycles. The molecule has 1 aliphatic carbocycles. The maximum Gasteiger partial charge on any atom is 0.257 e. The van der Waals surface area contributed by atoms with Gasteiger partial charge in [0.1, 0.15) is 5.00 Å². The zero-order valence-electron chi connectivity index (χ0n) is 14.1. The number of primary amides is 1. The Labute approximate surface area is 169 Å². The van der Waals surface area contributed by atoms with Crippen LogP contribution in [0.25, 0.3) is 0 Å². The molecular formula is C18H18BrN3O2S2. The van der Waals surface area contributed by atoms with Gasteiger partial charge in [0.05, 0.1) is 5.56 Å². The Bertz CT molecular complexity index is 895. The summed E-state index contributed by atoms with van der Waals surface area (Å²) in [6.07, 6.45) is 2.80. The van der Waals surface area contributed by atoms with Gasteiger partial charge in [-0.2, -0.15) is 0 Å². The molecule has 3 rings (SSSR count). The lowest BCUT2D eigenvalue weighted by atomic mass is 9.88. The van der Waals surface area contributed by atoms with Crippen molar-refractivity contribution in [2.75, 3.05) is 5.32 Å². The van der Waals surface area contributed by atoms with Gasteiger partial charge in [-0.25, -0.2) is 0 Å². The molecule has 2 aromatic rings. The molecule has 4 N–H and O–H groups in total. The van der Waals surface area contributed by atoms with Crippen molar-refractivity contribution in [2.45, 2.75) is 26.2 Å². The molecule has 8 heteroatoms. The minimum atomic E-state index is -0.472. The second kappa shape index (κ2) is 7.85. The van der Waals surface area contributed by atoms with Crippen molar-refractivity contribution in [3.8, 4) is 0 Å². The largest absolute Gasteiger partial charge is 0.365 e. The van der Waals surface area contributed by atoms with E-state index in [4.69, 9.17) is 18.0 Å². The molecule has 136 valence electrons. The van der Waals surface area contributed by atoms with E-state index in [1.807, 2.05) is 6.07 Å². The molecule has 26 heavy (non-hydrogen) atoms. The highest BCUT2D eigenvalue weighted by molar-refractivity contribution is 9.10. The molecule has 0 saturated carbocycles. The maximum atomic E-state index is 12.3. The lowest BCUT2D eigenvalue weighted by Gasteiger charge is -2.18. The van der Waals surface area contributed by atoms with Gasteiger partial charge in [0, 0.05) is 14.9 Å². The number of hydrogen-bond acceptors (Lipinski definition) is 4. The third-order valence-electron chi connectivity index (χ3n) is 4.30. The molecule has 1 atom stereocenters. The van der Waals surface area contributed by atoms with E-state index >= 15 is 0 Å². The van der Waals surface area contributed by atoms with Crippen LogP contribution in [0.2, 0.25) is 0 Å². The van der Waals surface area contributed by atoms with E-state index in [2.05, 4.69) is 33.5 Å². The molecule has 0 spiro atoms. The van der Waals surface area contributed by atoms with Crippen LogP contribution < -0.4 is 16.4 Å². The van der Waals surface area contributed by atoms with Crippen LogP contribution in [0.1, 0.15) is 44.5 Å². The number of anilines is 1. The molecule has 0 aliphatic heterocycles. The molecule has 2 amide bonds. The molecule has 0 radical (unpaired) electrons. The molecule has 0 bridgehead atoms. The predicted octanol–water partition coefficient (Wildman–Crippen LogP) is 3.86. The van der Waals surface area contributed by atoms with Crippen LogP contribution in [0.5, 0.6) is 0 Å². The van der Waals surface area contributed by atoms with Gasteiger partial charge in [0.2, 0.25) is 0 Å². The Morgan fingerprint density at radius 3 is 2.85 bits per heavy atom. The second-order valence-electron chi connectivity index (χ2n) is 6.34. The number of carbonyl (C=O) groups excluding carboxylic acids is 2. The lowest BCUT2D eigenvalue weighted by Crippen LogP contribution is -2.34. The summed E-state index contributed by atoms with van der Waals surface area (Å²) in [6.45, 7) is 2.20. The van der Waals surface area contributed by atoms with Crippen LogP contribution in [-0.2, 0) is 12.8 Å². The zero-order valence-corrected chi connectivity index (χ0v) is 17.3. The molecule has 0 saturated heterocycles. The number of halogens is 1. The SMILES string of the molecule is CC1CCc2c(sc(NC(=S)NC(=O)c3cccc(Br)c3)c2C(N)=O)C1. The Balaban J connectivity index is 1.77. The van der Waals surface area contributed by atoms with E-state index in [-0.39, 0.29) is 11.0 Å². The summed E-state index contributed by atoms with van der Waals surface area (Å²) in [5, 5.41) is 6.38. The number of benzene rings is 1. The average Bonchev–Trinajstić information content (AvgIpc) is 2.91. The minimum absolute atomic E-state index is 0.143. The molecule has 1 aliphatic rings. The van der Waals surface area contributed by atoms with E-state index < -0.39 is 5.91 Å². The Kier molecular flexibility index (Phi) is 5.74. The lowest BCUT2D eigenvalue weighted by molar-refractivity contribution is 0.0975. The summed E-state index contributed by atoms with van der Waals surface area (Å²) in [6, 6.07) is 7.01.